The van der Waals surface area contributed by atoms with Crippen molar-refractivity contribution in [2.45, 2.75) is 64.3 Å². The fourth-order valence-electron chi connectivity index (χ4n) is 4.96. The van der Waals surface area contributed by atoms with Gasteiger partial charge in [-0.15, -0.1) is 0 Å². The molecular weight excluding hydrogens is 560 g/mol. The quantitative estimate of drug-likeness (QED) is 0.199. The van der Waals surface area contributed by atoms with Crippen molar-refractivity contribution in [2.75, 3.05) is 0 Å². The zero-order chi connectivity index (χ0) is 30.2. The van der Waals surface area contributed by atoms with E-state index in [0.717, 1.165) is 16.7 Å². The Balaban J connectivity index is 0.00000506. The van der Waals surface area contributed by atoms with Crippen LogP contribution in [0, 0.1) is 5.82 Å². The Labute approximate surface area is 272 Å². The summed E-state index contributed by atoms with van der Waals surface area (Å²) < 4.78 is 15.5. The molecule has 10 heteroatoms. The van der Waals surface area contributed by atoms with E-state index in [1.807, 2.05) is 73.0 Å². The number of nitrogens with zero attached hydrogens (tertiary/aromatic N) is 2. The number of amides is 1. The second-order valence-corrected chi connectivity index (χ2v) is 10.6. The number of halogens is 1. The minimum absolute atomic E-state index is 0. The summed E-state index contributed by atoms with van der Waals surface area (Å²) >= 11 is 0. The van der Waals surface area contributed by atoms with Gasteiger partial charge in [-0.3, -0.25) is 4.79 Å². The Morgan fingerprint density at radius 1 is 0.907 bits per heavy atom. The summed E-state index contributed by atoms with van der Waals surface area (Å²) in [6.07, 6.45) is -2.78. The van der Waals surface area contributed by atoms with Crippen molar-refractivity contribution in [3.05, 3.63) is 102 Å². The Morgan fingerprint density at radius 3 is 2.12 bits per heavy atom. The van der Waals surface area contributed by atoms with E-state index in [1.54, 1.807) is 12.1 Å². The maximum absolute atomic E-state index is 13.7. The normalized spacial score (nSPS) is 12.4. The topological polar surface area (TPSA) is 128 Å². The predicted molar refractivity (Wildman–Crippen MR) is 156 cm³/mol. The first-order chi connectivity index (χ1) is 20.1. The molecule has 1 heterocycles. The molecule has 0 aliphatic carbocycles. The summed E-state index contributed by atoms with van der Waals surface area (Å²) in [5, 5.41) is 34.1. The molecule has 0 unspecified atom stereocenters. The van der Waals surface area contributed by atoms with E-state index in [2.05, 4.69) is 10.3 Å². The number of nitrogens with one attached hydrogen (secondary N) is 1. The minimum atomic E-state index is -1.40. The van der Waals surface area contributed by atoms with Gasteiger partial charge in [0.1, 0.15) is 17.3 Å². The summed E-state index contributed by atoms with van der Waals surface area (Å²) in [6.45, 7) is 4.39. The number of rotatable bonds is 13. The minimum Gasteiger partial charge on any atom is -0.550 e. The number of carboxylic acids is 1. The first-order valence-electron chi connectivity index (χ1n) is 14.0. The Bertz CT molecular complexity index is 1490. The number of carbonyl (C=O) groups is 2. The number of aliphatic carboxylic acids is 1. The molecule has 0 bridgehead atoms. The van der Waals surface area contributed by atoms with E-state index in [1.165, 1.54) is 12.1 Å². The van der Waals surface area contributed by atoms with Crippen LogP contribution in [0.5, 0.6) is 0 Å². The molecule has 3 N–H and O–H groups in total. The molecule has 0 aliphatic rings. The van der Waals surface area contributed by atoms with Crippen molar-refractivity contribution >= 4 is 11.9 Å². The number of carbonyl (C=O) groups excluding carboxylic acids is 2. The zero-order valence-corrected chi connectivity index (χ0v) is 26.7. The first kappa shape index (κ1) is 34.2. The fraction of sp³-hybridized carbons (Fsp3) is 0.303. The van der Waals surface area contributed by atoms with Crippen molar-refractivity contribution in [3.8, 4) is 22.5 Å². The average molecular weight is 596 g/mol. The summed E-state index contributed by atoms with van der Waals surface area (Å²) in [5.41, 5.74) is 4.58. The molecule has 1 amide bonds. The molecule has 1 aromatic heterocycles. The van der Waals surface area contributed by atoms with Gasteiger partial charge in [-0.25, -0.2) is 9.37 Å². The second-order valence-electron chi connectivity index (χ2n) is 10.6. The number of hydrogen-bond acceptors (Lipinski definition) is 6. The number of aromatic nitrogens is 2. The zero-order valence-electron chi connectivity index (χ0n) is 24.7. The van der Waals surface area contributed by atoms with Gasteiger partial charge in [0.15, 0.2) is 0 Å². The molecule has 2 atom stereocenters. The molecule has 8 nitrogen and oxygen atoms in total. The largest absolute Gasteiger partial charge is 1.00 e. The van der Waals surface area contributed by atoms with E-state index in [-0.39, 0.29) is 66.5 Å². The molecular formula is C33H35FN3NaO5. The first-order valence-corrected chi connectivity index (χ1v) is 14.0. The van der Waals surface area contributed by atoms with Crippen molar-refractivity contribution in [1.82, 2.24) is 14.9 Å². The molecule has 220 valence electrons. The number of aliphatic hydroxyl groups is 2. The monoisotopic (exact) mass is 595 g/mol. The van der Waals surface area contributed by atoms with Crippen LogP contribution in [0.2, 0.25) is 0 Å². The third-order valence-corrected chi connectivity index (χ3v) is 7.02. The standard InChI is InChI=1S/C33H36FN3O5.Na/c1-21(2)31-30(33(42)35-20-22-8-10-24(11-9-22)23-6-4-3-5-7-23)36-32(25-12-14-26(34)15-13-25)37(31)17-16-27(38)18-28(39)19-29(40)41;/h3-15,21,27-28,38-39H,16-20H2,1-2H3,(H,35,42)(H,40,41);/q;+1/p-1/t27-,28-;/m1./s1. The SMILES string of the molecule is CC(C)c1c(C(=O)NCc2ccc(-c3ccccc3)cc2)nc(-c2ccc(F)cc2)n1CC[C@@H](O)C[C@@H](O)CC(=O)[O-].[Na+]. The maximum Gasteiger partial charge on any atom is 1.00 e. The molecule has 0 saturated heterocycles. The maximum atomic E-state index is 13.7. The van der Waals surface area contributed by atoms with Gasteiger partial charge >= 0.3 is 29.6 Å². The average Bonchev–Trinajstić information content (AvgIpc) is 3.35. The molecule has 0 saturated carbocycles. The van der Waals surface area contributed by atoms with Crippen LogP contribution in [0.1, 0.15) is 60.8 Å². The van der Waals surface area contributed by atoms with E-state index in [4.69, 9.17) is 0 Å². The van der Waals surface area contributed by atoms with Gasteiger partial charge in [0.05, 0.1) is 17.9 Å². The smallest absolute Gasteiger partial charge is 0.550 e. The van der Waals surface area contributed by atoms with Crippen LogP contribution in [-0.2, 0) is 17.9 Å². The van der Waals surface area contributed by atoms with Crippen LogP contribution in [-0.4, -0.2) is 43.8 Å². The number of benzene rings is 3. The third kappa shape index (κ3) is 9.32. The molecule has 0 fully saturated rings. The fourth-order valence-corrected chi connectivity index (χ4v) is 4.96. The Morgan fingerprint density at radius 2 is 1.51 bits per heavy atom. The van der Waals surface area contributed by atoms with Crippen molar-refractivity contribution in [2.24, 2.45) is 0 Å². The van der Waals surface area contributed by atoms with Gasteiger partial charge in [-0.05, 0) is 59.7 Å². The molecule has 4 rings (SSSR count). The van der Waals surface area contributed by atoms with E-state index in [9.17, 15) is 29.3 Å². The van der Waals surface area contributed by atoms with Gasteiger partial charge in [0.25, 0.3) is 5.91 Å². The van der Waals surface area contributed by atoms with Crippen LogP contribution in [0.15, 0.2) is 78.9 Å². The van der Waals surface area contributed by atoms with Gasteiger partial charge in [-0.2, -0.15) is 0 Å². The molecule has 0 radical (unpaired) electrons. The summed E-state index contributed by atoms with van der Waals surface area (Å²) in [6, 6.07) is 23.7. The van der Waals surface area contributed by atoms with Crippen LogP contribution in [0.3, 0.4) is 0 Å². The van der Waals surface area contributed by atoms with E-state index >= 15 is 0 Å². The number of carboxylic acid groups (broad SMARTS) is 1. The van der Waals surface area contributed by atoms with E-state index in [0.29, 0.717) is 23.6 Å². The Kier molecular flexibility index (Phi) is 12.7. The van der Waals surface area contributed by atoms with Crippen LogP contribution in [0.25, 0.3) is 22.5 Å². The predicted octanol–water partition coefficient (Wildman–Crippen LogP) is 1.06. The van der Waals surface area contributed by atoms with Gasteiger partial charge in [-0.1, -0.05) is 68.4 Å². The number of hydrogen-bond donors (Lipinski definition) is 3. The Hall–Kier alpha value is -3.34. The van der Waals surface area contributed by atoms with Crippen LogP contribution in [0.4, 0.5) is 4.39 Å². The second kappa shape index (κ2) is 15.9. The summed E-state index contributed by atoms with van der Waals surface area (Å²) in [7, 11) is 0. The van der Waals surface area contributed by atoms with Crippen LogP contribution >= 0.6 is 0 Å². The molecule has 43 heavy (non-hydrogen) atoms. The molecule has 3 aromatic carbocycles. The summed E-state index contributed by atoms with van der Waals surface area (Å²) in [5.74, 6) is -1.85. The van der Waals surface area contributed by atoms with Gasteiger partial charge in [0.2, 0.25) is 0 Å². The third-order valence-electron chi connectivity index (χ3n) is 7.02. The molecule has 4 aromatic rings. The van der Waals surface area contributed by atoms with E-state index < -0.39 is 30.4 Å². The molecule has 0 spiro atoms. The van der Waals surface area contributed by atoms with Crippen LogP contribution < -0.4 is 40.0 Å². The van der Waals surface area contributed by atoms with Crippen molar-refractivity contribution in [1.29, 1.82) is 0 Å². The molecule has 0 aliphatic heterocycles. The summed E-state index contributed by atoms with van der Waals surface area (Å²) in [4.78, 5) is 28.9. The van der Waals surface area contributed by atoms with Crippen molar-refractivity contribution < 1.29 is 58.9 Å². The number of aliphatic hydroxyl groups excluding tert-OH is 2. The van der Waals surface area contributed by atoms with Gasteiger partial charge < -0.3 is 30.0 Å². The number of imidazole rings is 1. The van der Waals surface area contributed by atoms with Crippen molar-refractivity contribution in [3.63, 3.8) is 0 Å². The van der Waals surface area contributed by atoms with Gasteiger partial charge in [0, 0.05) is 31.0 Å².